The van der Waals surface area contributed by atoms with Crippen molar-refractivity contribution < 1.29 is 9.90 Å². The Morgan fingerprint density at radius 1 is 1.48 bits per heavy atom. The second-order valence-electron chi connectivity index (χ2n) is 5.32. The van der Waals surface area contributed by atoms with Gasteiger partial charge in [-0.05, 0) is 37.8 Å². The predicted octanol–water partition coefficient (Wildman–Crippen LogP) is 1.57. The van der Waals surface area contributed by atoms with Crippen LogP contribution in [-0.2, 0) is 19.9 Å². The number of nitrogens with one attached hydrogen (secondary N) is 1. The number of aromatic nitrogens is 4. The second-order valence-corrected chi connectivity index (χ2v) is 5.32. The molecule has 1 aliphatic carbocycles. The van der Waals surface area contributed by atoms with E-state index in [1.54, 1.807) is 17.0 Å². The van der Waals surface area contributed by atoms with Crippen LogP contribution in [-0.4, -0.2) is 30.8 Å². The summed E-state index contributed by atoms with van der Waals surface area (Å²) in [5, 5.41) is 20.4. The lowest BCUT2D eigenvalue weighted by Gasteiger charge is -2.16. The monoisotopic (exact) mass is 287 g/mol. The molecule has 1 atom stereocenters. The molecule has 0 aromatic carbocycles. The summed E-state index contributed by atoms with van der Waals surface area (Å²) >= 11 is 0. The Hall–Kier alpha value is -2.44. The molecule has 0 saturated carbocycles. The van der Waals surface area contributed by atoms with E-state index in [0.29, 0.717) is 5.82 Å². The zero-order chi connectivity index (χ0) is 15.0. The maximum absolute atomic E-state index is 11.4. The van der Waals surface area contributed by atoms with Gasteiger partial charge < -0.3 is 15.0 Å². The fourth-order valence-electron chi connectivity index (χ4n) is 2.70. The molecule has 110 valence electrons. The summed E-state index contributed by atoms with van der Waals surface area (Å²) in [6.07, 6.45) is 4.45. The van der Waals surface area contributed by atoms with Crippen LogP contribution in [0.2, 0.25) is 0 Å². The number of carboxylic acid groups (broad SMARTS) is 1. The Balaban J connectivity index is 1.94. The van der Waals surface area contributed by atoms with Crippen molar-refractivity contribution in [1.29, 1.82) is 0 Å². The van der Waals surface area contributed by atoms with Gasteiger partial charge in [-0.2, -0.15) is 0 Å². The number of nitrogens with zero attached hydrogens (tertiary/aromatic N) is 4. The maximum Gasteiger partial charge on any atom is 0.339 e. The number of pyridine rings is 1. The molecule has 21 heavy (non-hydrogen) atoms. The zero-order valence-electron chi connectivity index (χ0n) is 12.0. The highest BCUT2D eigenvalue weighted by Gasteiger charge is 2.22. The molecule has 0 radical (unpaired) electrons. The molecule has 2 aromatic heterocycles. The highest BCUT2D eigenvalue weighted by Crippen LogP contribution is 2.27. The van der Waals surface area contributed by atoms with Gasteiger partial charge in [0.2, 0.25) is 0 Å². The Morgan fingerprint density at radius 2 is 2.29 bits per heavy atom. The summed E-state index contributed by atoms with van der Waals surface area (Å²) in [6, 6.07) is 1.56. The molecular formula is C14H17N5O2. The zero-order valence-corrected chi connectivity index (χ0v) is 12.0. The predicted molar refractivity (Wildman–Crippen MR) is 76.3 cm³/mol. The molecule has 2 heterocycles. The molecule has 7 heteroatoms. The first-order valence-electron chi connectivity index (χ1n) is 6.92. The van der Waals surface area contributed by atoms with Crippen LogP contribution in [0, 0.1) is 0 Å². The van der Waals surface area contributed by atoms with Crippen molar-refractivity contribution >= 4 is 11.8 Å². The van der Waals surface area contributed by atoms with Gasteiger partial charge >= 0.3 is 5.97 Å². The minimum Gasteiger partial charge on any atom is -0.478 e. The molecule has 1 unspecified atom stereocenters. The van der Waals surface area contributed by atoms with Crippen molar-refractivity contribution in [2.75, 3.05) is 5.32 Å². The van der Waals surface area contributed by atoms with Crippen molar-refractivity contribution in [3.63, 3.8) is 0 Å². The topological polar surface area (TPSA) is 92.9 Å². The molecule has 0 saturated heterocycles. The maximum atomic E-state index is 11.4. The molecule has 2 aromatic rings. The van der Waals surface area contributed by atoms with Crippen LogP contribution >= 0.6 is 0 Å². The molecule has 0 aliphatic heterocycles. The van der Waals surface area contributed by atoms with E-state index in [-0.39, 0.29) is 11.6 Å². The molecular weight excluding hydrogens is 270 g/mol. The van der Waals surface area contributed by atoms with Gasteiger partial charge in [-0.1, -0.05) is 0 Å². The molecule has 0 spiro atoms. The van der Waals surface area contributed by atoms with Crippen molar-refractivity contribution in [2.45, 2.75) is 32.2 Å². The number of hydrogen-bond acceptors (Lipinski definition) is 5. The minimum absolute atomic E-state index is 0.178. The highest BCUT2D eigenvalue weighted by molar-refractivity contribution is 5.93. The van der Waals surface area contributed by atoms with Crippen LogP contribution in [0.3, 0.4) is 0 Å². The van der Waals surface area contributed by atoms with Crippen LogP contribution in [0.25, 0.3) is 0 Å². The molecule has 7 nitrogen and oxygen atoms in total. The quantitative estimate of drug-likeness (QED) is 0.886. The lowest BCUT2D eigenvalue weighted by Crippen LogP contribution is -2.16. The van der Waals surface area contributed by atoms with Gasteiger partial charge in [-0.3, -0.25) is 0 Å². The Kier molecular flexibility index (Phi) is 3.32. The summed E-state index contributed by atoms with van der Waals surface area (Å²) in [5.74, 6) is 0.164. The smallest absolute Gasteiger partial charge is 0.339 e. The summed E-state index contributed by atoms with van der Waals surface area (Å²) in [5.41, 5.74) is 2.25. The lowest BCUT2D eigenvalue weighted by molar-refractivity contribution is 0.0697. The average Bonchev–Trinajstić information content (AvgIpc) is 3.05. The van der Waals surface area contributed by atoms with Crippen LogP contribution in [0.5, 0.6) is 0 Å². The van der Waals surface area contributed by atoms with E-state index < -0.39 is 5.97 Å². The Labute approximate surface area is 122 Å². The van der Waals surface area contributed by atoms with Gasteiger partial charge in [0.05, 0.1) is 6.04 Å². The number of carboxylic acids is 1. The number of aromatic carboxylic acids is 1. The molecule has 0 amide bonds. The molecule has 0 bridgehead atoms. The first-order valence-corrected chi connectivity index (χ1v) is 6.92. The lowest BCUT2D eigenvalue weighted by atomic mass is 10.1. The normalized spacial score (nSPS) is 14.8. The minimum atomic E-state index is -0.968. The third-order valence-corrected chi connectivity index (χ3v) is 3.77. The Bertz CT molecular complexity index is 695. The second kappa shape index (κ2) is 5.16. The number of fused-ring (bicyclic) bond motifs is 1. The molecule has 2 N–H and O–H groups in total. The van der Waals surface area contributed by atoms with Gasteiger partial charge in [0.25, 0.3) is 0 Å². The van der Waals surface area contributed by atoms with E-state index in [1.807, 2.05) is 14.0 Å². The molecule has 1 aliphatic rings. The molecule has 3 rings (SSSR count). The number of anilines is 1. The third kappa shape index (κ3) is 2.46. The fourth-order valence-corrected chi connectivity index (χ4v) is 2.70. The summed E-state index contributed by atoms with van der Waals surface area (Å²) in [4.78, 5) is 15.9. The van der Waals surface area contributed by atoms with Crippen LogP contribution in [0.1, 0.15) is 46.8 Å². The fraction of sp³-hybridized carbons (Fsp3) is 0.429. The summed E-state index contributed by atoms with van der Waals surface area (Å²) in [7, 11) is 1.85. The number of aryl methyl sites for hydroxylation is 3. The molecule has 0 fully saturated rings. The van der Waals surface area contributed by atoms with Crippen molar-refractivity contribution in [3.05, 3.63) is 35.0 Å². The first-order chi connectivity index (χ1) is 10.1. The average molecular weight is 287 g/mol. The van der Waals surface area contributed by atoms with Crippen molar-refractivity contribution in [3.8, 4) is 0 Å². The largest absolute Gasteiger partial charge is 0.478 e. The van der Waals surface area contributed by atoms with Crippen molar-refractivity contribution in [1.82, 2.24) is 19.7 Å². The van der Waals surface area contributed by atoms with E-state index in [4.69, 9.17) is 0 Å². The third-order valence-electron chi connectivity index (χ3n) is 3.77. The van der Waals surface area contributed by atoms with Gasteiger partial charge in [0.1, 0.15) is 17.7 Å². The van der Waals surface area contributed by atoms with E-state index in [9.17, 15) is 9.90 Å². The van der Waals surface area contributed by atoms with Gasteiger partial charge in [0, 0.05) is 12.7 Å². The van der Waals surface area contributed by atoms with E-state index in [2.05, 4.69) is 20.5 Å². The van der Waals surface area contributed by atoms with Crippen molar-refractivity contribution in [2.24, 2.45) is 7.05 Å². The summed E-state index contributed by atoms with van der Waals surface area (Å²) < 4.78 is 1.80. The van der Waals surface area contributed by atoms with Gasteiger partial charge in [-0.25, -0.2) is 9.78 Å². The van der Waals surface area contributed by atoms with Gasteiger partial charge in [-0.15, -0.1) is 10.2 Å². The SMILES string of the molecule is CC(Nc1nc2c(cc1C(=O)O)CCC2)c1nncn1C. The summed E-state index contributed by atoms with van der Waals surface area (Å²) in [6.45, 7) is 1.91. The first kappa shape index (κ1) is 13.5. The van der Waals surface area contributed by atoms with E-state index in [0.717, 1.165) is 36.3 Å². The van der Waals surface area contributed by atoms with Crippen LogP contribution in [0.4, 0.5) is 5.82 Å². The van der Waals surface area contributed by atoms with E-state index in [1.165, 1.54) is 0 Å². The van der Waals surface area contributed by atoms with Crippen LogP contribution < -0.4 is 5.32 Å². The van der Waals surface area contributed by atoms with Gasteiger partial charge in [0.15, 0.2) is 5.82 Å². The highest BCUT2D eigenvalue weighted by atomic mass is 16.4. The number of carbonyl (C=O) groups is 1. The van der Waals surface area contributed by atoms with Crippen LogP contribution in [0.15, 0.2) is 12.4 Å². The van der Waals surface area contributed by atoms with E-state index >= 15 is 0 Å². The Morgan fingerprint density at radius 3 is 2.95 bits per heavy atom. The number of hydrogen-bond donors (Lipinski definition) is 2. The standard InChI is InChI=1S/C14H17N5O2/c1-8(13-18-15-7-19(13)2)16-12-10(14(20)21)6-9-4-3-5-11(9)17-12/h6-8H,3-5H2,1-2H3,(H,16,17)(H,20,21). The number of rotatable bonds is 4.